The van der Waals surface area contributed by atoms with Crippen molar-refractivity contribution in [3.63, 3.8) is 0 Å². The Morgan fingerprint density at radius 2 is 0.824 bits per heavy atom. The van der Waals surface area contributed by atoms with Gasteiger partial charge in [-0.2, -0.15) is 0 Å². The summed E-state index contributed by atoms with van der Waals surface area (Å²) in [7, 11) is 1.55. The molecule has 0 saturated carbocycles. The van der Waals surface area contributed by atoms with Crippen LogP contribution in [0, 0.1) is 0 Å². The molecule has 0 spiro atoms. The first kappa shape index (κ1) is 45.3. The van der Waals surface area contributed by atoms with Gasteiger partial charge in [-0.15, -0.1) is 78.9 Å². The standard InChI is InChI=1S/C3H8O2.6C2H4/c1-5-3-2-4;6*1-2/h4H,2-3H2,1H3;6*1-2H2. The summed E-state index contributed by atoms with van der Waals surface area (Å²) in [5.74, 6) is 0. The van der Waals surface area contributed by atoms with E-state index in [1.165, 1.54) is 0 Å². The minimum atomic E-state index is 0.122. The Kier molecular flexibility index (Phi) is 3690. The minimum Gasteiger partial charge on any atom is -0.394 e. The maximum absolute atomic E-state index is 7.94. The second-order valence-electron chi connectivity index (χ2n) is 0.716. The number of ether oxygens (including phenoxy) is 1. The molecule has 0 aliphatic heterocycles. The smallest absolute Gasteiger partial charge is 0.0693 e. The predicted molar refractivity (Wildman–Crippen MR) is 86.5 cm³/mol. The van der Waals surface area contributed by atoms with E-state index < -0.39 is 0 Å². The van der Waals surface area contributed by atoms with E-state index in [-0.39, 0.29) is 6.61 Å². The molecule has 2 heteroatoms. The molecule has 0 aliphatic carbocycles. The molecule has 0 atom stereocenters. The molecule has 1 N–H and O–H groups in total. The highest BCUT2D eigenvalue weighted by Crippen LogP contribution is 1.56. The topological polar surface area (TPSA) is 29.5 Å². The average molecular weight is 244 g/mol. The summed E-state index contributed by atoms with van der Waals surface area (Å²) >= 11 is 0. The van der Waals surface area contributed by atoms with Crippen molar-refractivity contribution < 1.29 is 9.84 Å². The number of aliphatic hydroxyl groups is 1. The summed E-state index contributed by atoms with van der Waals surface area (Å²) in [6, 6.07) is 0. The summed E-state index contributed by atoms with van der Waals surface area (Å²) in [6.45, 7) is 36.6. The average Bonchev–Trinajstić information content (AvgIpc) is 2.52. The molecule has 0 aromatic heterocycles. The van der Waals surface area contributed by atoms with E-state index in [4.69, 9.17) is 5.11 Å². The Balaban J connectivity index is -0.0000000147. The lowest BCUT2D eigenvalue weighted by Crippen LogP contribution is -1.91. The van der Waals surface area contributed by atoms with Crippen LogP contribution in [0.15, 0.2) is 78.9 Å². The lowest BCUT2D eigenvalue weighted by molar-refractivity contribution is 0.135. The second kappa shape index (κ2) is 1390. The molecule has 0 bridgehead atoms. The van der Waals surface area contributed by atoms with Gasteiger partial charge in [0.05, 0.1) is 13.2 Å². The Hall–Kier alpha value is -1.64. The van der Waals surface area contributed by atoms with E-state index in [0.717, 1.165) is 0 Å². The first-order chi connectivity index (χ1) is 8.41. The summed E-state index contributed by atoms with van der Waals surface area (Å²) < 4.78 is 4.44. The van der Waals surface area contributed by atoms with E-state index in [1.54, 1.807) is 7.11 Å². The van der Waals surface area contributed by atoms with Gasteiger partial charge in [0.2, 0.25) is 0 Å². The van der Waals surface area contributed by atoms with Gasteiger partial charge in [-0.3, -0.25) is 0 Å². The fraction of sp³-hybridized carbons (Fsp3) is 0.200. The van der Waals surface area contributed by atoms with Crippen molar-refractivity contribution >= 4 is 0 Å². The molecule has 0 unspecified atom stereocenters. The molecule has 0 fully saturated rings. The third-order valence-corrected chi connectivity index (χ3v) is 0.295. The van der Waals surface area contributed by atoms with Gasteiger partial charge in [-0.1, -0.05) is 0 Å². The summed E-state index contributed by atoms with van der Waals surface area (Å²) in [5.41, 5.74) is 0. The third kappa shape index (κ3) is 16900. The number of aliphatic hydroxyl groups excluding tert-OH is 1. The van der Waals surface area contributed by atoms with Crippen molar-refractivity contribution in [2.75, 3.05) is 20.3 Å². The highest BCUT2D eigenvalue weighted by molar-refractivity contribution is 4.23. The van der Waals surface area contributed by atoms with Crippen LogP contribution in [0.1, 0.15) is 0 Å². The van der Waals surface area contributed by atoms with Crippen LogP contribution in [0.2, 0.25) is 0 Å². The summed E-state index contributed by atoms with van der Waals surface area (Å²) in [5, 5.41) is 7.94. The van der Waals surface area contributed by atoms with Gasteiger partial charge in [0.15, 0.2) is 0 Å². The van der Waals surface area contributed by atoms with Crippen molar-refractivity contribution in [2.24, 2.45) is 0 Å². The molecule has 0 rings (SSSR count). The Bertz CT molecular complexity index is 48.4. The van der Waals surface area contributed by atoms with E-state index in [9.17, 15) is 0 Å². The van der Waals surface area contributed by atoms with Gasteiger partial charge < -0.3 is 9.84 Å². The van der Waals surface area contributed by atoms with Crippen LogP contribution in [0.4, 0.5) is 0 Å². The molecule has 0 aliphatic rings. The molecular formula is C15H32O2. The van der Waals surface area contributed by atoms with Crippen LogP contribution in [-0.4, -0.2) is 25.4 Å². The fourth-order valence-corrected chi connectivity index (χ4v) is 0.0913. The van der Waals surface area contributed by atoms with Crippen molar-refractivity contribution in [1.29, 1.82) is 0 Å². The molecule has 17 heavy (non-hydrogen) atoms. The first-order valence-corrected chi connectivity index (χ1v) is 4.51. The lowest BCUT2D eigenvalue weighted by Gasteiger charge is -1.84. The van der Waals surface area contributed by atoms with Crippen molar-refractivity contribution in [1.82, 2.24) is 0 Å². The SMILES string of the molecule is C=C.C=C.C=C.C=C.C=C.C=C.COCCO. The Morgan fingerprint density at radius 3 is 0.824 bits per heavy atom. The van der Waals surface area contributed by atoms with Gasteiger partial charge in [0, 0.05) is 7.11 Å². The molecule has 0 aromatic rings. The van der Waals surface area contributed by atoms with Crippen molar-refractivity contribution in [3.8, 4) is 0 Å². The summed E-state index contributed by atoms with van der Waals surface area (Å²) in [6.07, 6.45) is 0. The van der Waals surface area contributed by atoms with Gasteiger partial charge in [-0.25, -0.2) is 0 Å². The fourth-order valence-electron chi connectivity index (χ4n) is 0.0913. The van der Waals surface area contributed by atoms with Crippen LogP contribution in [0.25, 0.3) is 0 Å². The van der Waals surface area contributed by atoms with Gasteiger partial charge >= 0.3 is 0 Å². The number of hydrogen-bond donors (Lipinski definition) is 1. The minimum absolute atomic E-state index is 0.122. The maximum atomic E-state index is 7.94. The zero-order chi connectivity index (χ0) is 16.1. The van der Waals surface area contributed by atoms with Crippen LogP contribution in [0.3, 0.4) is 0 Å². The molecule has 0 radical (unpaired) electrons. The number of hydrogen-bond acceptors (Lipinski definition) is 2. The van der Waals surface area contributed by atoms with Gasteiger partial charge in [0.25, 0.3) is 0 Å². The largest absolute Gasteiger partial charge is 0.394 e. The molecule has 2 nitrogen and oxygen atoms in total. The Labute approximate surface area is 110 Å². The zero-order valence-corrected chi connectivity index (χ0v) is 11.8. The third-order valence-electron chi connectivity index (χ3n) is 0.295. The van der Waals surface area contributed by atoms with Gasteiger partial charge in [-0.05, 0) is 0 Å². The van der Waals surface area contributed by atoms with Crippen LogP contribution in [0.5, 0.6) is 0 Å². The van der Waals surface area contributed by atoms with E-state index in [0.29, 0.717) is 6.61 Å². The maximum Gasteiger partial charge on any atom is 0.0693 e. The van der Waals surface area contributed by atoms with Crippen LogP contribution < -0.4 is 0 Å². The Morgan fingerprint density at radius 1 is 0.647 bits per heavy atom. The van der Waals surface area contributed by atoms with Crippen LogP contribution in [-0.2, 0) is 4.74 Å². The van der Waals surface area contributed by atoms with E-state index in [2.05, 4.69) is 83.7 Å². The zero-order valence-electron chi connectivity index (χ0n) is 11.8. The molecule has 0 heterocycles. The first-order valence-electron chi connectivity index (χ1n) is 4.51. The van der Waals surface area contributed by atoms with Crippen LogP contribution >= 0.6 is 0 Å². The van der Waals surface area contributed by atoms with Crippen molar-refractivity contribution in [3.05, 3.63) is 78.9 Å². The molecule has 0 amide bonds. The monoisotopic (exact) mass is 244 g/mol. The van der Waals surface area contributed by atoms with E-state index in [1.807, 2.05) is 0 Å². The second-order valence-corrected chi connectivity index (χ2v) is 0.716. The molecular weight excluding hydrogens is 212 g/mol. The molecule has 0 aromatic carbocycles. The summed E-state index contributed by atoms with van der Waals surface area (Å²) in [4.78, 5) is 0. The van der Waals surface area contributed by atoms with Gasteiger partial charge in [0.1, 0.15) is 0 Å². The highest BCUT2D eigenvalue weighted by atomic mass is 16.5. The predicted octanol–water partition coefficient (Wildman–Crippen LogP) is 4.44. The number of rotatable bonds is 2. The normalized spacial score (nSPS) is 3.88. The van der Waals surface area contributed by atoms with Crippen molar-refractivity contribution in [2.45, 2.75) is 0 Å². The quantitative estimate of drug-likeness (QED) is 0.728. The highest BCUT2D eigenvalue weighted by Gasteiger charge is 1.67. The molecule has 0 saturated heterocycles. The molecule has 104 valence electrons. The lowest BCUT2D eigenvalue weighted by atomic mass is 10.8. The van der Waals surface area contributed by atoms with E-state index >= 15 is 0 Å². The number of methoxy groups -OCH3 is 1.